The third-order valence-corrected chi connectivity index (χ3v) is 4.91. The summed E-state index contributed by atoms with van der Waals surface area (Å²) in [4.78, 5) is 0. The fourth-order valence-electron chi connectivity index (χ4n) is 1.73. The molecule has 0 aliphatic heterocycles. The highest BCUT2D eigenvalue weighted by molar-refractivity contribution is 6.88. The van der Waals surface area contributed by atoms with E-state index in [1.165, 1.54) is 5.19 Å². The first-order valence-electron chi connectivity index (χ1n) is 5.97. The Bertz CT molecular complexity index is 363. The summed E-state index contributed by atoms with van der Waals surface area (Å²) in [7, 11) is 0.386. The van der Waals surface area contributed by atoms with Crippen LogP contribution in [0.3, 0.4) is 0 Å². The molecule has 1 aromatic carbocycles. The van der Waals surface area contributed by atoms with Crippen LogP contribution in [0.15, 0.2) is 24.3 Å². The summed E-state index contributed by atoms with van der Waals surface area (Å²) in [6.07, 6.45) is -1.59. The van der Waals surface area contributed by atoms with Crippen molar-refractivity contribution < 1.29 is 10.2 Å². The molecule has 2 atom stereocenters. The van der Waals surface area contributed by atoms with Crippen molar-refractivity contribution in [3.8, 4) is 0 Å². The quantitative estimate of drug-likeness (QED) is 0.682. The number of likely N-dealkylation sites (N-methyl/N-ethyl adjacent to an activating group) is 1. The molecule has 1 rings (SSSR count). The zero-order chi connectivity index (χ0) is 13.1. The maximum Gasteiger partial charge on any atom is 0.106 e. The topological polar surface area (TPSA) is 52.5 Å². The van der Waals surface area contributed by atoms with Gasteiger partial charge < -0.3 is 15.5 Å². The van der Waals surface area contributed by atoms with Crippen LogP contribution in [0.4, 0.5) is 0 Å². The van der Waals surface area contributed by atoms with Gasteiger partial charge >= 0.3 is 0 Å². The molecule has 2 unspecified atom stereocenters. The zero-order valence-electron chi connectivity index (χ0n) is 11.1. The Morgan fingerprint density at radius 2 is 1.88 bits per heavy atom. The van der Waals surface area contributed by atoms with Gasteiger partial charge in [-0.15, -0.1) is 0 Å². The molecule has 96 valence electrons. The van der Waals surface area contributed by atoms with E-state index in [1.807, 2.05) is 18.2 Å². The van der Waals surface area contributed by atoms with Gasteiger partial charge in [-0.3, -0.25) is 0 Å². The Kier molecular flexibility index (Phi) is 4.88. The molecule has 3 nitrogen and oxygen atoms in total. The minimum absolute atomic E-state index is 0.387. The maximum absolute atomic E-state index is 10.0. The summed E-state index contributed by atoms with van der Waals surface area (Å²) in [5.41, 5.74) is 0.799. The van der Waals surface area contributed by atoms with Crippen LogP contribution < -0.4 is 10.5 Å². The lowest BCUT2D eigenvalue weighted by molar-refractivity contribution is 0.0203. The Labute approximate surface area is 105 Å². The number of rotatable bonds is 5. The zero-order valence-corrected chi connectivity index (χ0v) is 12.1. The second-order valence-corrected chi connectivity index (χ2v) is 10.5. The standard InChI is InChI=1S/C13H23NO2Si/c1-14-9-12(15)13(16)10-6-5-7-11(8-10)17(2,3)4/h5-8,12-16H,9H2,1-4H3. The molecule has 1 aromatic rings. The van der Waals surface area contributed by atoms with Gasteiger partial charge in [-0.05, 0) is 12.6 Å². The Morgan fingerprint density at radius 1 is 1.24 bits per heavy atom. The van der Waals surface area contributed by atoms with E-state index in [9.17, 15) is 10.2 Å². The molecule has 0 spiro atoms. The van der Waals surface area contributed by atoms with Crippen LogP contribution in [-0.2, 0) is 0 Å². The largest absolute Gasteiger partial charge is 0.389 e. The van der Waals surface area contributed by atoms with Crippen LogP contribution in [0, 0.1) is 0 Å². The molecule has 4 heteroatoms. The van der Waals surface area contributed by atoms with Crippen LogP contribution in [0.5, 0.6) is 0 Å². The summed E-state index contributed by atoms with van der Waals surface area (Å²) in [5.74, 6) is 0. The summed E-state index contributed by atoms with van der Waals surface area (Å²) in [5, 5.41) is 24.0. The SMILES string of the molecule is CNCC(O)C(O)c1cccc([Si](C)(C)C)c1. The van der Waals surface area contributed by atoms with Gasteiger partial charge in [0, 0.05) is 6.54 Å². The molecule has 0 aliphatic rings. The smallest absolute Gasteiger partial charge is 0.106 e. The molecule has 0 heterocycles. The average molecular weight is 253 g/mol. The predicted octanol–water partition coefficient (Wildman–Crippen LogP) is 0.845. The van der Waals surface area contributed by atoms with Crippen LogP contribution in [0.1, 0.15) is 11.7 Å². The third kappa shape index (κ3) is 3.92. The minimum Gasteiger partial charge on any atom is -0.389 e. The molecule has 0 amide bonds. The molecule has 0 fully saturated rings. The van der Waals surface area contributed by atoms with Crippen LogP contribution in [0.2, 0.25) is 19.6 Å². The second kappa shape index (κ2) is 5.77. The molecule has 17 heavy (non-hydrogen) atoms. The number of benzene rings is 1. The van der Waals surface area contributed by atoms with Gasteiger partial charge in [0.25, 0.3) is 0 Å². The van der Waals surface area contributed by atoms with Gasteiger partial charge in [-0.2, -0.15) is 0 Å². The fraction of sp³-hybridized carbons (Fsp3) is 0.538. The Balaban J connectivity index is 2.92. The first kappa shape index (κ1) is 14.4. The Hall–Kier alpha value is -0.683. The van der Waals surface area contributed by atoms with Crippen molar-refractivity contribution in [2.75, 3.05) is 13.6 Å². The van der Waals surface area contributed by atoms with E-state index in [1.54, 1.807) is 7.05 Å². The molecule has 3 N–H and O–H groups in total. The van der Waals surface area contributed by atoms with Crippen molar-refractivity contribution in [1.82, 2.24) is 5.32 Å². The number of nitrogens with one attached hydrogen (secondary N) is 1. The highest BCUT2D eigenvalue weighted by Gasteiger charge is 2.21. The highest BCUT2D eigenvalue weighted by Crippen LogP contribution is 2.16. The molecule has 0 aromatic heterocycles. The van der Waals surface area contributed by atoms with E-state index in [0.717, 1.165) is 5.56 Å². The lowest BCUT2D eigenvalue weighted by Gasteiger charge is -2.21. The van der Waals surface area contributed by atoms with Crippen LogP contribution >= 0.6 is 0 Å². The molecular weight excluding hydrogens is 230 g/mol. The monoisotopic (exact) mass is 253 g/mol. The first-order valence-corrected chi connectivity index (χ1v) is 9.47. The number of aliphatic hydroxyl groups is 2. The Morgan fingerprint density at radius 3 is 2.41 bits per heavy atom. The van der Waals surface area contributed by atoms with Crippen molar-refractivity contribution in [1.29, 1.82) is 0 Å². The lowest BCUT2D eigenvalue weighted by Crippen LogP contribution is -2.38. The molecule has 0 saturated heterocycles. The summed E-state index contributed by atoms with van der Waals surface area (Å²) in [6.45, 7) is 7.19. The average Bonchev–Trinajstić information content (AvgIpc) is 2.27. The summed E-state index contributed by atoms with van der Waals surface area (Å²) < 4.78 is 0. The van der Waals surface area contributed by atoms with Crippen LogP contribution in [-0.4, -0.2) is 38.0 Å². The molecule has 0 aliphatic carbocycles. The first-order chi connectivity index (χ1) is 7.86. The summed E-state index contributed by atoms with van der Waals surface area (Å²) in [6, 6.07) is 7.95. The summed E-state index contributed by atoms with van der Waals surface area (Å²) >= 11 is 0. The van der Waals surface area contributed by atoms with Gasteiger partial charge in [-0.1, -0.05) is 49.1 Å². The number of hydrogen-bond donors (Lipinski definition) is 3. The van der Waals surface area contributed by atoms with Gasteiger partial charge in [0.05, 0.1) is 14.2 Å². The molecule has 0 saturated carbocycles. The van der Waals surface area contributed by atoms with Gasteiger partial charge in [0.15, 0.2) is 0 Å². The lowest BCUT2D eigenvalue weighted by atomic mass is 10.0. The minimum atomic E-state index is -1.37. The maximum atomic E-state index is 10.0. The predicted molar refractivity (Wildman–Crippen MR) is 74.3 cm³/mol. The van der Waals surface area contributed by atoms with E-state index >= 15 is 0 Å². The molecular formula is C13H23NO2Si. The highest BCUT2D eigenvalue weighted by atomic mass is 28.3. The van der Waals surface area contributed by atoms with Crippen molar-refractivity contribution in [2.24, 2.45) is 0 Å². The fourth-order valence-corrected chi connectivity index (χ4v) is 2.93. The third-order valence-electron chi connectivity index (χ3n) is 2.87. The second-order valence-electron chi connectivity index (χ2n) is 5.45. The van der Waals surface area contributed by atoms with Crippen molar-refractivity contribution in [3.05, 3.63) is 29.8 Å². The van der Waals surface area contributed by atoms with Crippen molar-refractivity contribution in [2.45, 2.75) is 31.8 Å². The van der Waals surface area contributed by atoms with E-state index in [2.05, 4.69) is 31.0 Å². The van der Waals surface area contributed by atoms with E-state index in [4.69, 9.17) is 0 Å². The normalized spacial score (nSPS) is 15.6. The number of aliphatic hydroxyl groups excluding tert-OH is 2. The van der Waals surface area contributed by atoms with Crippen molar-refractivity contribution in [3.63, 3.8) is 0 Å². The van der Waals surface area contributed by atoms with Gasteiger partial charge in [-0.25, -0.2) is 0 Å². The number of hydrogen-bond acceptors (Lipinski definition) is 3. The molecule has 0 bridgehead atoms. The van der Waals surface area contributed by atoms with E-state index < -0.39 is 20.3 Å². The van der Waals surface area contributed by atoms with E-state index in [0.29, 0.717) is 6.54 Å². The van der Waals surface area contributed by atoms with Gasteiger partial charge in [0.2, 0.25) is 0 Å². The van der Waals surface area contributed by atoms with Gasteiger partial charge in [0.1, 0.15) is 6.10 Å². The van der Waals surface area contributed by atoms with E-state index in [-0.39, 0.29) is 0 Å². The van der Waals surface area contributed by atoms with Crippen LogP contribution in [0.25, 0.3) is 0 Å². The molecule has 0 radical (unpaired) electrons. The van der Waals surface area contributed by atoms with Crippen molar-refractivity contribution >= 4 is 13.3 Å².